The smallest absolute Gasteiger partial charge is 0.410 e. The molecule has 1 amide bonds. The molecule has 1 aromatic rings. The predicted octanol–water partition coefficient (Wildman–Crippen LogP) is 0.485. The molecule has 4 atom stereocenters. The van der Waals surface area contributed by atoms with Gasteiger partial charge >= 0.3 is 12.1 Å². The number of rotatable bonds is 4. The van der Waals surface area contributed by atoms with E-state index in [1.165, 1.54) is 33.3 Å². The third-order valence-electron chi connectivity index (χ3n) is 5.70. The summed E-state index contributed by atoms with van der Waals surface area (Å²) in [4.78, 5) is 31.9. The molecule has 4 rings (SSSR count). The lowest BCUT2D eigenvalue weighted by Crippen LogP contribution is -2.60. The first-order valence-corrected chi connectivity index (χ1v) is 8.76. The van der Waals surface area contributed by atoms with Crippen LogP contribution in [0, 0.1) is 0 Å². The molecule has 0 unspecified atom stereocenters. The van der Waals surface area contributed by atoms with E-state index >= 15 is 0 Å². The molecule has 10 heteroatoms. The fourth-order valence-electron chi connectivity index (χ4n) is 4.43. The van der Waals surface area contributed by atoms with Gasteiger partial charge in [-0.25, -0.2) is 19.5 Å². The minimum Gasteiger partial charge on any atom is -0.496 e. The van der Waals surface area contributed by atoms with E-state index in [-0.39, 0.29) is 18.2 Å². The molecule has 10 nitrogen and oxygen atoms in total. The van der Waals surface area contributed by atoms with Gasteiger partial charge in [0, 0.05) is 12.7 Å². The molecule has 0 aliphatic carbocycles. The van der Waals surface area contributed by atoms with Crippen LogP contribution < -0.4 is 9.80 Å². The highest BCUT2D eigenvalue weighted by Crippen LogP contribution is 2.58. The summed E-state index contributed by atoms with van der Waals surface area (Å²) in [5, 5.41) is 11.8. The van der Waals surface area contributed by atoms with E-state index in [2.05, 4.69) is 0 Å². The van der Waals surface area contributed by atoms with Crippen LogP contribution in [0.1, 0.15) is 21.8 Å². The number of benzene rings is 1. The van der Waals surface area contributed by atoms with Gasteiger partial charge in [-0.1, -0.05) is 0 Å². The van der Waals surface area contributed by atoms with E-state index in [0.717, 1.165) is 0 Å². The minimum atomic E-state index is -1.31. The Morgan fingerprint density at radius 2 is 2.00 bits per heavy atom. The molecule has 2 bridgehead atoms. The summed E-state index contributed by atoms with van der Waals surface area (Å²) in [6.07, 6.45) is -0.494. The largest absolute Gasteiger partial charge is 0.496 e. The van der Waals surface area contributed by atoms with E-state index in [0.29, 0.717) is 23.5 Å². The van der Waals surface area contributed by atoms with Gasteiger partial charge in [0.05, 0.1) is 57.7 Å². The van der Waals surface area contributed by atoms with Gasteiger partial charge in [0.25, 0.3) is 0 Å². The lowest BCUT2D eigenvalue weighted by Gasteiger charge is -2.49. The zero-order valence-corrected chi connectivity index (χ0v) is 16.0. The van der Waals surface area contributed by atoms with E-state index in [4.69, 9.17) is 23.8 Å². The third kappa shape index (κ3) is 2.31. The number of hydroxylamine groups is 1. The fourth-order valence-corrected chi connectivity index (χ4v) is 4.43. The molecule has 1 aromatic carbocycles. The van der Waals surface area contributed by atoms with Gasteiger partial charge in [-0.2, -0.15) is 0 Å². The van der Waals surface area contributed by atoms with Crippen LogP contribution in [0.4, 0.5) is 10.5 Å². The maximum absolute atomic E-state index is 12.2. The Kier molecular flexibility index (Phi) is 4.36. The number of esters is 1. The summed E-state index contributed by atoms with van der Waals surface area (Å²) in [6.45, 7) is 0.0324. The SMILES string of the molecule is COC(=O)c1cc(OC)c2c(c1)N1C[C@H]3[C@H](N3C(=O)OC)[C@](OC)(O1)[C@@H]2CO. The lowest BCUT2D eigenvalue weighted by atomic mass is 9.82. The maximum Gasteiger partial charge on any atom is 0.410 e. The summed E-state index contributed by atoms with van der Waals surface area (Å²) in [5.41, 5.74) is 1.48. The van der Waals surface area contributed by atoms with Crippen molar-refractivity contribution in [1.29, 1.82) is 0 Å². The number of methoxy groups -OCH3 is 4. The number of hydrogen-bond acceptors (Lipinski definition) is 9. The maximum atomic E-state index is 12.2. The van der Waals surface area contributed by atoms with Crippen molar-refractivity contribution in [3.63, 3.8) is 0 Å². The zero-order chi connectivity index (χ0) is 20.2. The van der Waals surface area contributed by atoms with Gasteiger partial charge in [0.15, 0.2) is 0 Å². The van der Waals surface area contributed by atoms with Crippen molar-refractivity contribution in [2.75, 3.05) is 46.7 Å². The number of fused-ring (bicyclic) bond motifs is 6. The topological polar surface area (TPSA) is 107 Å². The van der Waals surface area contributed by atoms with Crippen molar-refractivity contribution in [2.45, 2.75) is 23.8 Å². The van der Waals surface area contributed by atoms with E-state index in [9.17, 15) is 14.7 Å². The standard InChI is InChI=1S/C18H22N2O8/c1-24-13-6-9(16(22)25-2)5-11-14(13)10(8-21)18(27-4)15-12(7-19(11)28-18)20(15)17(23)26-3/h5-6,10,12,15,21H,7-8H2,1-4H3/t10-,12+,15+,18-,20?/m1/s1. The Bertz CT molecular complexity index is 830. The van der Waals surface area contributed by atoms with E-state index in [1.807, 2.05) is 0 Å². The molecule has 3 aliphatic rings. The number of aliphatic hydroxyl groups is 1. The number of ether oxygens (including phenoxy) is 4. The molecule has 3 aliphatic heterocycles. The molecule has 2 fully saturated rings. The minimum absolute atomic E-state index is 0.212. The van der Waals surface area contributed by atoms with Crippen LogP contribution in [0.2, 0.25) is 0 Å². The molecule has 28 heavy (non-hydrogen) atoms. The number of anilines is 1. The Morgan fingerprint density at radius 1 is 1.25 bits per heavy atom. The van der Waals surface area contributed by atoms with Crippen molar-refractivity contribution in [2.24, 2.45) is 0 Å². The monoisotopic (exact) mass is 394 g/mol. The molecule has 0 saturated carbocycles. The number of hydrogen-bond donors (Lipinski definition) is 1. The first-order chi connectivity index (χ1) is 13.5. The second-order valence-corrected chi connectivity index (χ2v) is 6.81. The summed E-state index contributed by atoms with van der Waals surface area (Å²) in [6, 6.07) is 2.55. The zero-order valence-electron chi connectivity index (χ0n) is 16.0. The van der Waals surface area contributed by atoms with Crippen LogP contribution >= 0.6 is 0 Å². The number of nitrogens with zero attached hydrogens (tertiary/aromatic N) is 2. The second kappa shape index (κ2) is 6.50. The summed E-state index contributed by atoms with van der Waals surface area (Å²) in [7, 11) is 5.55. The highest BCUT2D eigenvalue weighted by molar-refractivity contribution is 5.92. The van der Waals surface area contributed by atoms with Gasteiger partial charge in [-0.3, -0.25) is 4.90 Å². The molecule has 0 spiro atoms. The number of aliphatic hydroxyl groups excluding tert-OH is 1. The van der Waals surface area contributed by atoms with E-state index < -0.39 is 29.8 Å². The van der Waals surface area contributed by atoms with Gasteiger partial charge in [0.2, 0.25) is 5.79 Å². The van der Waals surface area contributed by atoms with Crippen LogP contribution in [0.5, 0.6) is 5.75 Å². The van der Waals surface area contributed by atoms with Crippen LogP contribution in [0.3, 0.4) is 0 Å². The summed E-state index contributed by atoms with van der Waals surface area (Å²) < 4.78 is 21.0. The normalized spacial score (nSPS) is 29.5. The van der Waals surface area contributed by atoms with Gasteiger partial charge in [-0.05, 0) is 12.1 Å². The number of carbonyl (C=O) groups excluding carboxylic acids is 2. The molecule has 1 N–H and O–H groups in total. The third-order valence-corrected chi connectivity index (χ3v) is 5.70. The first kappa shape index (κ1) is 18.8. The van der Waals surface area contributed by atoms with Crippen LogP contribution in [-0.4, -0.2) is 81.5 Å². The van der Waals surface area contributed by atoms with Crippen molar-refractivity contribution >= 4 is 17.7 Å². The average molecular weight is 394 g/mol. The van der Waals surface area contributed by atoms with Crippen LogP contribution in [0.25, 0.3) is 0 Å². The molecule has 3 heterocycles. The van der Waals surface area contributed by atoms with E-state index in [1.54, 1.807) is 17.2 Å². The molecular weight excluding hydrogens is 372 g/mol. The highest BCUT2D eigenvalue weighted by Gasteiger charge is 2.73. The number of carbonyl (C=O) groups is 2. The van der Waals surface area contributed by atoms with Crippen molar-refractivity contribution in [3.05, 3.63) is 23.3 Å². The second-order valence-electron chi connectivity index (χ2n) is 6.81. The Balaban J connectivity index is 1.88. The van der Waals surface area contributed by atoms with Crippen LogP contribution in [0.15, 0.2) is 12.1 Å². The summed E-state index contributed by atoms with van der Waals surface area (Å²) in [5.74, 6) is -2.09. The fraction of sp³-hybridized carbons (Fsp3) is 0.556. The average Bonchev–Trinajstić information content (AvgIpc) is 3.47. The molecule has 0 radical (unpaired) electrons. The van der Waals surface area contributed by atoms with Crippen molar-refractivity contribution in [1.82, 2.24) is 4.90 Å². The molecule has 2 saturated heterocycles. The Morgan fingerprint density at radius 3 is 2.57 bits per heavy atom. The molecular formula is C18H22N2O8. The van der Waals surface area contributed by atoms with Gasteiger partial charge in [-0.15, -0.1) is 0 Å². The molecule has 0 aromatic heterocycles. The van der Waals surface area contributed by atoms with Crippen molar-refractivity contribution < 1.29 is 38.5 Å². The highest BCUT2D eigenvalue weighted by atomic mass is 16.8. The number of amides is 1. The quantitative estimate of drug-likeness (QED) is 0.576. The molecule has 152 valence electrons. The summed E-state index contributed by atoms with van der Waals surface area (Å²) >= 11 is 0. The van der Waals surface area contributed by atoms with Crippen molar-refractivity contribution in [3.8, 4) is 5.75 Å². The lowest BCUT2D eigenvalue weighted by molar-refractivity contribution is -0.266. The Hall–Kier alpha value is -2.56. The van der Waals surface area contributed by atoms with Gasteiger partial charge < -0.3 is 24.1 Å². The Labute approximate surface area is 161 Å². The van der Waals surface area contributed by atoms with Gasteiger partial charge in [0.1, 0.15) is 11.8 Å². The van der Waals surface area contributed by atoms with Crippen LogP contribution in [-0.2, 0) is 19.0 Å². The predicted molar refractivity (Wildman–Crippen MR) is 94.2 cm³/mol. The first-order valence-electron chi connectivity index (χ1n) is 8.76.